The molecule has 1 saturated heterocycles. The Balaban J connectivity index is 1.47. The normalized spacial score (nSPS) is 13.7. The van der Waals surface area contributed by atoms with Crippen LogP contribution in [0.4, 0.5) is 10.5 Å². The van der Waals surface area contributed by atoms with Gasteiger partial charge in [-0.05, 0) is 55.7 Å². The first-order valence-corrected chi connectivity index (χ1v) is 13.3. The Labute approximate surface area is 225 Å². The maximum absolute atomic E-state index is 13.7. The number of carbonyl (C=O) groups is 2. The number of ether oxygens (including phenoxy) is 1. The summed E-state index contributed by atoms with van der Waals surface area (Å²) in [6.07, 6.45) is 0.768. The minimum atomic E-state index is -0.278. The van der Waals surface area contributed by atoms with Crippen LogP contribution in [0.1, 0.15) is 29.1 Å². The van der Waals surface area contributed by atoms with Crippen molar-refractivity contribution in [1.82, 2.24) is 14.7 Å². The van der Waals surface area contributed by atoms with E-state index in [9.17, 15) is 9.59 Å². The van der Waals surface area contributed by atoms with E-state index in [0.29, 0.717) is 25.3 Å². The van der Waals surface area contributed by atoms with Gasteiger partial charge in [0.05, 0.1) is 19.8 Å². The van der Waals surface area contributed by atoms with Gasteiger partial charge in [0.2, 0.25) is 5.91 Å². The van der Waals surface area contributed by atoms with Crippen molar-refractivity contribution in [3.8, 4) is 0 Å². The number of aryl methyl sites for hydroxylation is 2. The first-order chi connectivity index (χ1) is 18.5. The Morgan fingerprint density at radius 3 is 2.42 bits per heavy atom. The summed E-state index contributed by atoms with van der Waals surface area (Å²) in [6, 6.07) is 21.1. The molecule has 2 aromatic carbocycles. The molecule has 3 amide bonds. The number of carbonyl (C=O) groups excluding carboxylic acids is 2. The van der Waals surface area contributed by atoms with Gasteiger partial charge in [-0.3, -0.25) is 9.69 Å². The number of nitrogens with one attached hydrogen (secondary N) is 1. The van der Waals surface area contributed by atoms with Crippen molar-refractivity contribution < 1.29 is 18.7 Å². The van der Waals surface area contributed by atoms with Crippen molar-refractivity contribution in [3.05, 3.63) is 89.4 Å². The summed E-state index contributed by atoms with van der Waals surface area (Å²) >= 11 is 0. The third kappa shape index (κ3) is 8.46. The lowest BCUT2D eigenvalue weighted by molar-refractivity contribution is -0.133. The molecule has 1 fully saturated rings. The molecule has 1 aliphatic rings. The van der Waals surface area contributed by atoms with Crippen LogP contribution in [0.15, 0.2) is 71.1 Å². The molecular formula is C30H38N4O4. The average Bonchev–Trinajstić information content (AvgIpc) is 3.33. The molecule has 8 heteroatoms. The predicted molar refractivity (Wildman–Crippen MR) is 148 cm³/mol. The van der Waals surface area contributed by atoms with Gasteiger partial charge in [0.25, 0.3) is 0 Å². The molecule has 1 aliphatic heterocycles. The number of morpholine rings is 1. The van der Waals surface area contributed by atoms with Crippen molar-refractivity contribution in [2.24, 2.45) is 0 Å². The maximum atomic E-state index is 13.7. The highest BCUT2D eigenvalue weighted by Crippen LogP contribution is 2.15. The SMILES string of the molecule is Cc1cccc(NC(=O)N(CCCN2CCOCC2)CC(=O)N(Cc2ccccc2)Cc2ccc(C)o2)c1. The molecule has 1 N–H and O–H groups in total. The first-order valence-electron chi connectivity index (χ1n) is 13.3. The summed E-state index contributed by atoms with van der Waals surface area (Å²) in [5.41, 5.74) is 2.79. The van der Waals surface area contributed by atoms with Gasteiger partial charge in [-0.2, -0.15) is 0 Å². The zero-order valence-corrected chi connectivity index (χ0v) is 22.4. The smallest absolute Gasteiger partial charge is 0.322 e. The largest absolute Gasteiger partial charge is 0.464 e. The van der Waals surface area contributed by atoms with E-state index >= 15 is 0 Å². The Morgan fingerprint density at radius 2 is 1.71 bits per heavy atom. The molecule has 0 bridgehead atoms. The fourth-order valence-corrected chi connectivity index (χ4v) is 4.55. The molecular weight excluding hydrogens is 480 g/mol. The molecule has 0 unspecified atom stereocenters. The van der Waals surface area contributed by atoms with Crippen LogP contribution in [-0.2, 0) is 22.6 Å². The number of hydrogen-bond acceptors (Lipinski definition) is 5. The second-order valence-corrected chi connectivity index (χ2v) is 9.78. The molecule has 0 aliphatic carbocycles. The lowest BCUT2D eigenvalue weighted by atomic mass is 10.2. The summed E-state index contributed by atoms with van der Waals surface area (Å²) < 4.78 is 11.2. The second kappa shape index (κ2) is 13.8. The Bertz CT molecular complexity index is 1170. The highest BCUT2D eigenvalue weighted by atomic mass is 16.5. The number of furan rings is 1. The number of benzene rings is 2. The molecule has 1 aromatic heterocycles. The lowest BCUT2D eigenvalue weighted by Crippen LogP contribution is -2.45. The molecule has 38 heavy (non-hydrogen) atoms. The van der Waals surface area contributed by atoms with Gasteiger partial charge in [-0.15, -0.1) is 0 Å². The number of amides is 3. The van der Waals surface area contributed by atoms with E-state index < -0.39 is 0 Å². The zero-order chi connectivity index (χ0) is 26.7. The van der Waals surface area contributed by atoms with Gasteiger partial charge in [-0.1, -0.05) is 42.5 Å². The van der Waals surface area contributed by atoms with Crippen LogP contribution in [0.3, 0.4) is 0 Å². The van der Waals surface area contributed by atoms with Crippen molar-refractivity contribution in [2.75, 3.05) is 51.3 Å². The standard InChI is InChI=1S/C30H38N4O4/c1-24-8-6-11-27(20-24)31-30(36)33(15-7-14-32-16-18-37-19-17-32)23-29(35)34(21-26-9-4-3-5-10-26)22-28-13-12-25(2)38-28/h3-6,8-13,20H,7,14-19,21-23H2,1-2H3,(H,31,36). The number of hydrogen-bond donors (Lipinski definition) is 1. The van der Waals surface area contributed by atoms with Crippen LogP contribution in [0.25, 0.3) is 0 Å². The van der Waals surface area contributed by atoms with Crippen molar-refractivity contribution in [3.63, 3.8) is 0 Å². The highest BCUT2D eigenvalue weighted by Gasteiger charge is 2.23. The van der Waals surface area contributed by atoms with Crippen LogP contribution in [0.2, 0.25) is 0 Å². The maximum Gasteiger partial charge on any atom is 0.322 e. The molecule has 0 radical (unpaired) electrons. The molecule has 3 aromatic rings. The van der Waals surface area contributed by atoms with E-state index in [1.807, 2.05) is 80.6 Å². The zero-order valence-electron chi connectivity index (χ0n) is 22.4. The van der Waals surface area contributed by atoms with E-state index in [-0.39, 0.29) is 18.5 Å². The number of urea groups is 1. The summed E-state index contributed by atoms with van der Waals surface area (Å²) in [5.74, 6) is 1.39. The van der Waals surface area contributed by atoms with E-state index in [4.69, 9.17) is 9.15 Å². The lowest BCUT2D eigenvalue weighted by Gasteiger charge is -2.30. The summed E-state index contributed by atoms with van der Waals surface area (Å²) in [6.45, 7) is 9.19. The Morgan fingerprint density at radius 1 is 0.921 bits per heavy atom. The van der Waals surface area contributed by atoms with Crippen molar-refractivity contribution in [1.29, 1.82) is 0 Å². The molecule has 0 atom stereocenters. The molecule has 2 heterocycles. The van der Waals surface area contributed by atoms with Gasteiger partial charge in [0, 0.05) is 38.4 Å². The van der Waals surface area contributed by atoms with Gasteiger partial charge < -0.3 is 24.3 Å². The summed E-state index contributed by atoms with van der Waals surface area (Å²) in [5, 5.41) is 2.98. The third-order valence-electron chi connectivity index (χ3n) is 6.60. The quantitative estimate of drug-likeness (QED) is 0.399. The summed E-state index contributed by atoms with van der Waals surface area (Å²) in [4.78, 5) is 32.8. The number of rotatable bonds is 11. The van der Waals surface area contributed by atoms with Crippen LogP contribution in [0.5, 0.6) is 0 Å². The highest BCUT2D eigenvalue weighted by molar-refractivity contribution is 5.92. The molecule has 4 rings (SSSR count). The molecule has 8 nitrogen and oxygen atoms in total. The van der Waals surface area contributed by atoms with Crippen LogP contribution in [-0.4, -0.2) is 72.6 Å². The minimum absolute atomic E-state index is 0.0206. The van der Waals surface area contributed by atoms with Gasteiger partial charge in [0.15, 0.2) is 0 Å². The second-order valence-electron chi connectivity index (χ2n) is 9.78. The topological polar surface area (TPSA) is 78.3 Å². The predicted octanol–water partition coefficient (Wildman–Crippen LogP) is 4.68. The van der Waals surface area contributed by atoms with Gasteiger partial charge in [0.1, 0.15) is 18.1 Å². The number of anilines is 1. The third-order valence-corrected chi connectivity index (χ3v) is 6.60. The molecule has 0 saturated carbocycles. The Kier molecular flexibility index (Phi) is 9.95. The van der Waals surface area contributed by atoms with Crippen LogP contribution < -0.4 is 5.32 Å². The van der Waals surface area contributed by atoms with Crippen LogP contribution >= 0.6 is 0 Å². The minimum Gasteiger partial charge on any atom is -0.464 e. The van der Waals surface area contributed by atoms with Crippen molar-refractivity contribution in [2.45, 2.75) is 33.4 Å². The fourth-order valence-electron chi connectivity index (χ4n) is 4.55. The fraction of sp³-hybridized carbons (Fsp3) is 0.400. The van der Waals surface area contributed by atoms with E-state index in [0.717, 1.165) is 61.9 Å². The molecule has 0 spiro atoms. The average molecular weight is 519 g/mol. The van der Waals surface area contributed by atoms with Crippen LogP contribution in [0, 0.1) is 13.8 Å². The van der Waals surface area contributed by atoms with Gasteiger partial charge >= 0.3 is 6.03 Å². The number of nitrogens with zero attached hydrogens (tertiary/aromatic N) is 3. The van der Waals surface area contributed by atoms with E-state index in [2.05, 4.69) is 10.2 Å². The van der Waals surface area contributed by atoms with E-state index in [1.54, 1.807) is 9.80 Å². The van der Waals surface area contributed by atoms with Gasteiger partial charge in [-0.25, -0.2) is 4.79 Å². The first kappa shape index (κ1) is 27.4. The van der Waals surface area contributed by atoms with Crippen molar-refractivity contribution >= 4 is 17.6 Å². The summed E-state index contributed by atoms with van der Waals surface area (Å²) in [7, 11) is 0. The monoisotopic (exact) mass is 518 g/mol. The Hall–Kier alpha value is -3.62. The molecule has 202 valence electrons. The van der Waals surface area contributed by atoms with E-state index in [1.165, 1.54) is 0 Å².